The van der Waals surface area contributed by atoms with Crippen LogP contribution in [-0.4, -0.2) is 15.2 Å². The summed E-state index contributed by atoms with van der Waals surface area (Å²) in [6.07, 6.45) is 0.849. The monoisotopic (exact) mass is 272 g/mol. The van der Waals surface area contributed by atoms with Crippen molar-refractivity contribution in [3.8, 4) is 11.4 Å². The minimum absolute atomic E-state index is 0.558. The van der Waals surface area contributed by atoms with Gasteiger partial charge >= 0.3 is 0 Å². The molecule has 2 heterocycles. The highest BCUT2D eigenvalue weighted by molar-refractivity contribution is 9.11. The SMILES string of the molecule is CCc1c(N)n[nH]c1-c1ncsc1Br. The maximum Gasteiger partial charge on any atom is 0.149 e. The van der Waals surface area contributed by atoms with Crippen molar-refractivity contribution < 1.29 is 0 Å². The molecule has 3 N–H and O–H groups in total. The number of nitrogens with zero attached hydrogens (tertiary/aromatic N) is 2. The largest absolute Gasteiger partial charge is 0.382 e. The van der Waals surface area contributed by atoms with Crippen LogP contribution in [0.15, 0.2) is 9.30 Å². The summed E-state index contributed by atoms with van der Waals surface area (Å²) in [4.78, 5) is 4.25. The standard InChI is InChI=1S/C8H9BrN4S/c1-2-4-5(12-13-8(4)10)6-7(9)14-3-11-6/h3H,2H2,1H3,(H3,10,12,13). The summed E-state index contributed by atoms with van der Waals surface area (Å²) in [6.45, 7) is 2.05. The molecule has 74 valence electrons. The first-order valence-corrected chi connectivity index (χ1v) is 5.83. The van der Waals surface area contributed by atoms with Crippen LogP contribution in [0.25, 0.3) is 11.4 Å². The fourth-order valence-corrected chi connectivity index (χ4v) is 2.40. The zero-order valence-electron chi connectivity index (χ0n) is 7.54. The summed E-state index contributed by atoms with van der Waals surface area (Å²) >= 11 is 4.99. The Hall–Kier alpha value is -0.880. The van der Waals surface area contributed by atoms with Crippen molar-refractivity contribution in [1.29, 1.82) is 0 Å². The van der Waals surface area contributed by atoms with Crippen molar-refractivity contribution in [2.24, 2.45) is 0 Å². The van der Waals surface area contributed by atoms with Gasteiger partial charge in [-0.1, -0.05) is 6.92 Å². The smallest absolute Gasteiger partial charge is 0.149 e. The lowest BCUT2D eigenvalue weighted by Gasteiger charge is -1.97. The summed E-state index contributed by atoms with van der Waals surface area (Å²) in [5, 5.41) is 6.89. The van der Waals surface area contributed by atoms with Gasteiger partial charge in [0.25, 0.3) is 0 Å². The molecule has 0 aliphatic carbocycles. The topological polar surface area (TPSA) is 67.6 Å². The van der Waals surface area contributed by atoms with E-state index in [1.807, 2.05) is 6.92 Å². The van der Waals surface area contributed by atoms with Crippen molar-refractivity contribution in [3.05, 3.63) is 14.9 Å². The molecule has 0 saturated carbocycles. The predicted molar refractivity (Wildman–Crippen MR) is 61.2 cm³/mol. The Labute approximate surface area is 93.7 Å². The third kappa shape index (κ3) is 1.44. The number of rotatable bonds is 2. The summed E-state index contributed by atoms with van der Waals surface area (Å²) in [5.41, 5.74) is 10.3. The van der Waals surface area contributed by atoms with Crippen LogP contribution < -0.4 is 5.73 Å². The summed E-state index contributed by atoms with van der Waals surface area (Å²) in [5.74, 6) is 0.558. The highest BCUT2D eigenvalue weighted by Crippen LogP contribution is 2.32. The van der Waals surface area contributed by atoms with Crippen LogP contribution in [0, 0.1) is 0 Å². The molecule has 6 heteroatoms. The lowest BCUT2D eigenvalue weighted by atomic mass is 10.1. The average molecular weight is 273 g/mol. The van der Waals surface area contributed by atoms with Gasteiger partial charge in [-0.25, -0.2) is 4.98 Å². The summed E-state index contributed by atoms with van der Waals surface area (Å²) < 4.78 is 0.996. The van der Waals surface area contributed by atoms with Gasteiger partial charge in [0.2, 0.25) is 0 Å². The molecule has 0 aliphatic heterocycles. The minimum Gasteiger partial charge on any atom is -0.382 e. The number of nitrogen functional groups attached to an aromatic ring is 1. The van der Waals surface area contributed by atoms with Gasteiger partial charge in [-0.05, 0) is 22.4 Å². The van der Waals surface area contributed by atoms with Gasteiger partial charge in [0.15, 0.2) is 0 Å². The normalized spacial score (nSPS) is 10.7. The number of hydrogen-bond donors (Lipinski definition) is 2. The predicted octanol–water partition coefficient (Wildman–Crippen LogP) is 2.44. The van der Waals surface area contributed by atoms with Gasteiger partial charge in [0, 0.05) is 5.56 Å². The lowest BCUT2D eigenvalue weighted by Crippen LogP contribution is -1.91. The first-order chi connectivity index (χ1) is 6.74. The number of aromatic amines is 1. The molecule has 0 radical (unpaired) electrons. The van der Waals surface area contributed by atoms with Crippen LogP contribution in [0.1, 0.15) is 12.5 Å². The van der Waals surface area contributed by atoms with E-state index in [1.165, 1.54) is 0 Å². The molecule has 0 spiro atoms. The number of nitrogens with two attached hydrogens (primary N) is 1. The Morgan fingerprint density at radius 3 is 3.00 bits per heavy atom. The first kappa shape index (κ1) is 9.67. The van der Waals surface area contributed by atoms with Gasteiger partial charge in [0.1, 0.15) is 11.5 Å². The van der Waals surface area contributed by atoms with Gasteiger partial charge in [-0.2, -0.15) is 5.10 Å². The van der Waals surface area contributed by atoms with Gasteiger partial charge in [-0.15, -0.1) is 11.3 Å². The van der Waals surface area contributed by atoms with E-state index in [0.29, 0.717) is 5.82 Å². The van der Waals surface area contributed by atoms with E-state index in [1.54, 1.807) is 16.8 Å². The number of H-pyrrole nitrogens is 1. The summed E-state index contributed by atoms with van der Waals surface area (Å²) in [7, 11) is 0. The first-order valence-electron chi connectivity index (χ1n) is 4.16. The van der Waals surface area contributed by atoms with E-state index in [4.69, 9.17) is 5.73 Å². The minimum atomic E-state index is 0.558. The molecule has 0 unspecified atom stereocenters. The Balaban J connectivity index is 2.57. The zero-order chi connectivity index (χ0) is 10.1. The van der Waals surface area contributed by atoms with Crippen molar-refractivity contribution in [3.63, 3.8) is 0 Å². The van der Waals surface area contributed by atoms with Gasteiger partial charge in [-0.3, -0.25) is 5.10 Å². The number of anilines is 1. The molecule has 0 aromatic carbocycles. The maximum absolute atomic E-state index is 5.73. The van der Waals surface area contributed by atoms with Crippen molar-refractivity contribution in [1.82, 2.24) is 15.2 Å². The molecule has 4 nitrogen and oxygen atoms in total. The molecule has 0 amide bonds. The number of thiazole rings is 1. The third-order valence-electron chi connectivity index (χ3n) is 2.01. The van der Waals surface area contributed by atoms with Crippen LogP contribution in [0.2, 0.25) is 0 Å². The molecular weight excluding hydrogens is 264 g/mol. The number of halogens is 1. The quantitative estimate of drug-likeness (QED) is 0.883. The van der Waals surface area contributed by atoms with Gasteiger partial charge < -0.3 is 5.73 Å². The molecule has 2 aromatic rings. The van der Waals surface area contributed by atoms with E-state index in [9.17, 15) is 0 Å². The number of hydrogen-bond acceptors (Lipinski definition) is 4. The molecule has 0 saturated heterocycles. The second kappa shape index (κ2) is 3.70. The second-order valence-electron chi connectivity index (χ2n) is 2.79. The van der Waals surface area contributed by atoms with E-state index >= 15 is 0 Å². The third-order valence-corrected chi connectivity index (χ3v) is 3.56. The van der Waals surface area contributed by atoms with Crippen LogP contribution in [0.3, 0.4) is 0 Å². The number of nitrogens with one attached hydrogen (secondary N) is 1. The van der Waals surface area contributed by atoms with Crippen LogP contribution in [0.5, 0.6) is 0 Å². The van der Waals surface area contributed by atoms with Crippen molar-refractivity contribution in [2.75, 3.05) is 5.73 Å². The van der Waals surface area contributed by atoms with E-state index in [-0.39, 0.29) is 0 Å². The molecule has 0 aliphatic rings. The molecule has 0 bridgehead atoms. The molecule has 14 heavy (non-hydrogen) atoms. The van der Waals surface area contributed by atoms with Crippen LogP contribution in [-0.2, 0) is 6.42 Å². The van der Waals surface area contributed by atoms with Crippen molar-refractivity contribution in [2.45, 2.75) is 13.3 Å². The van der Waals surface area contributed by atoms with Crippen molar-refractivity contribution >= 4 is 33.1 Å². The fraction of sp³-hybridized carbons (Fsp3) is 0.250. The Morgan fingerprint density at radius 1 is 1.64 bits per heavy atom. The van der Waals surface area contributed by atoms with E-state index in [2.05, 4.69) is 31.1 Å². The highest BCUT2D eigenvalue weighted by atomic mass is 79.9. The van der Waals surface area contributed by atoms with E-state index in [0.717, 1.165) is 27.2 Å². The zero-order valence-corrected chi connectivity index (χ0v) is 9.94. The maximum atomic E-state index is 5.73. The van der Waals surface area contributed by atoms with Crippen LogP contribution >= 0.6 is 27.3 Å². The molecule has 0 fully saturated rings. The Bertz CT molecular complexity index is 448. The van der Waals surface area contributed by atoms with E-state index < -0.39 is 0 Å². The number of aromatic nitrogens is 3. The lowest BCUT2D eigenvalue weighted by molar-refractivity contribution is 1.09. The average Bonchev–Trinajstić information content (AvgIpc) is 2.71. The van der Waals surface area contributed by atoms with Crippen LogP contribution in [0.4, 0.5) is 5.82 Å². The Morgan fingerprint density at radius 2 is 2.43 bits per heavy atom. The molecular formula is C8H9BrN4S. The van der Waals surface area contributed by atoms with Gasteiger partial charge in [0.05, 0.1) is 15.0 Å². The fourth-order valence-electron chi connectivity index (χ4n) is 1.33. The highest BCUT2D eigenvalue weighted by Gasteiger charge is 2.15. The Kier molecular flexibility index (Phi) is 2.56. The molecule has 2 aromatic heterocycles. The summed E-state index contributed by atoms with van der Waals surface area (Å²) in [6, 6.07) is 0. The molecule has 2 rings (SSSR count). The second-order valence-corrected chi connectivity index (χ2v) is 4.96. The molecule has 0 atom stereocenters.